The zero-order valence-corrected chi connectivity index (χ0v) is 11.5. The van der Waals surface area contributed by atoms with Crippen LogP contribution in [0.2, 0.25) is 0 Å². The highest BCUT2D eigenvalue weighted by molar-refractivity contribution is 7.80. The van der Waals surface area contributed by atoms with Gasteiger partial charge in [0.1, 0.15) is 6.54 Å². The van der Waals surface area contributed by atoms with E-state index in [1.165, 1.54) is 0 Å². The van der Waals surface area contributed by atoms with Gasteiger partial charge in [-0.15, -0.1) is 0 Å². The van der Waals surface area contributed by atoms with Crippen molar-refractivity contribution in [3.8, 4) is 0 Å². The molecule has 0 fully saturated rings. The molecule has 0 radical (unpaired) electrons. The second kappa shape index (κ2) is 7.55. The smallest absolute Gasteiger partial charge is 0.306 e. The summed E-state index contributed by atoms with van der Waals surface area (Å²) in [6.45, 7) is 0.445. The number of ether oxygens (including phenoxy) is 1. The predicted molar refractivity (Wildman–Crippen MR) is 65.5 cm³/mol. The summed E-state index contributed by atoms with van der Waals surface area (Å²) in [7, 11) is 5.72. The second-order valence-electron chi connectivity index (χ2n) is 4.99. The number of aliphatic carboxylic acids is 1. The fourth-order valence-corrected chi connectivity index (χ4v) is 1.57. The average Bonchev–Trinajstić information content (AvgIpc) is 2.10. The van der Waals surface area contributed by atoms with Crippen molar-refractivity contribution in [2.45, 2.75) is 25.4 Å². The summed E-state index contributed by atoms with van der Waals surface area (Å²) in [5.41, 5.74) is 0. The summed E-state index contributed by atoms with van der Waals surface area (Å²) in [6.07, 6.45) is 0.00358. The van der Waals surface area contributed by atoms with Crippen LogP contribution in [0.4, 0.5) is 0 Å². The maximum absolute atomic E-state index is 11.4. The number of likely N-dealkylation sites (N-methyl/N-ethyl adjacent to an activating group) is 1. The molecule has 17 heavy (non-hydrogen) atoms. The van der Waals surface area contributed by atoms with Crippen LogP contribution in [0.3, 0.4) is 0 Å². The third-order valence-corrected chi connectivity index (χ3v) is 2.30. The van der Waals surface area contributed by atoms with E-state index in [1.807, 2.05) is 21.1 Å². The van der Waals surface area contributed by atoms with Gasteiger partial charge in [0, 0.05) is 18.8 Å². The standard InChI is InChI=1S/C11H21NO4S/c1-12(2,3)8-9(7-10(13)14)16-11(15)5-4-6-17/h9H,4-8H2,1-3H3,(H-,13,14,17). The molecule has 1 atom stereocenters. The Hall–Kier alpha value is -0.750. The third kappa shape index (κ3) is 10.1. The van der Waals surface area contributed by atoms with E-state index < -0.39 is 12.1 Å². The quantitative estimate of drug-likeness (QED) is 0.363. The number of nitrogens with zero attached hydrogens (tertiary/aromatic N) is 1. The summed E-state index contributed by atoms with van der Waals surface area (Å²) in [4.78, 5) is 22.0. The number of esters is 1. The molecule has 0 amide bonds. The second-order valence-corrected chi connectivity index (χ2v) is 5.44. The first-order chi connectivity index (χ1) is 7.74. The normalized spacial score (nSPS) is 13.2. The minimum absolute atomic E-state index is 0.262. The van der Waals surface area contributed by atoms with Crippen LogP contribution in [0.15, 0.2) is 0 Å². The molecule has 0 saturated heterocycles. The maximum atomic E-state index is 11.4. The number of carbonyl (C=O) groups is 2. The summed E-state index contributed by atoms with van der Waals surface area (Å²) in [5, 5.41) is 10.6. The highest BCUT2D eigenvalue weighted by Gasteiger charge is 2.22. The van der Waals surface area contributed by atoms with E-state index in [9.17, 15) is 14.7 Å². The Morgan fingerprint density at radius 3 is 2.35 bits per heavy atom. The maximum Gasteiger partial charge on any atom is 0.306 e. The number of carboxylic acid groups (broad SMARTS) is 1. The largest absolute Gasteiger partial charge is 0.550 e. The lowest BCUT2D eigenvalue weighted by molar-refractivity contribution is -0.873. The van der Waals surface area contributed by atoms with Gasteiger partial charge in [-0.2, -0.15) is 12.6 Å². The van der Waals surface area contributed by atoms with E-state index in [0.29, 0.717) is 23.2 Å². The first kappa shape index (κ1) is 16.2. The van der Waals surface area contributed by atoms with Crippen molar-refractivity contribution in [3.05, 3.63) is 0 Å². The first-order valence-corrected chi connectivity index (χ1v) is 6.18. The van der Waals surface area contributed by atoms with E-state index >= 15 is 0 Å². The lowest BCUT2D eigenvalue weighted by Crippen LogP contribution is -2.45. The summed E-state index contributed by atoms with van der Waals surface area (Å²) < 4.78 is 5.66. The third-order valence-electron chi connectivity index (χ3n) is 1.98. The van der Waals surface area contributed by atoms with Gasteiger partial charge in [-0.25, -0.2) is 0 Å². The highest BCUT2D eigenvalue weighted by atomic mass is 32.1. The number of thiol groups is 1. The molecule has 0 bridgehead atoms. The molecule has 6 heteroatoms. The van der Waals surface area contributed by atoms with E-state index in [0.717, 1.165) is 0 Å². The summed E-state index contributed by atoms with van der Waals surface area (Å²) >= 11 is 4.00. The first-order valence-electron chi connectivity index (χ1n) is 5.55. The van der Waals surface area contributed by atoms with Crippen molar-refractivity contribution in [1.29, 1.82) is 0 Å². The molecular weight excluding hydrogens is 242 g/mol. The molecular formula is C11H21NO4S. The summed E-state index contributed by atoms with van der Waals surface area (Å²) in [5.74, 6) is -0.973. The minimum Gasteiger partial charge on any atom is -0.550 e. The fraction of sp³-hybridized carbons (Fsp3) is 0.818. The summed E-state index contributed by atoms with van der Waals surface area (Å²) in [6, 6.07) is 0. The Balaban J connectivity index is 4.28. The molecule has 0 aliphatic rings. The van der Waals surface area contributed by atoms with Gasteiger partial charge in [0.2, 0.25) is 0 Å². The van der Waals surface area contributed by atoms with Gasteiger partial charge in [0.15, 0.2) is 6.10 Å². The van der Waals surface area contributed by atoms with Crippen LogP contribution >= 0.6 is 12.6 Å². The van der Waals surface area contributed by atoms with Gasteiger partial charge in [-0.3, -0.25) is 4.79 Å². The van der Waals surface area contributed by atoms with Crippen LogP contribution in [-0.4, -0.2) is 56.0 Å². The van der Waals surface area contributed by atoms with E-state index in [2.05, 4.69) is 12.6 Å². The van der Waals surface area contributed by atoms with Crippen molar-refractivity contribution in [2.24, 2.45) is 0 Å². The number of carboxylic acids is 1. The van der Waals surface area contributed by atoms with Crippen LogP contribution in [-0.2, 0) is 14.3 Å². The molecule has 0 aromatic carbocycles. The van der Waals surface area contributed by atoms with Crippen molar-refractivity contribution in [3.63, 3.8) is 0 Å². The van der Waals surface area contributed by atoms with Gasteiger partial charge >= 0.3 is 5.97 Å². The number of quaternary nitrogens is 1. The Morgan fingerprint density at radius 1 is 1.35 bits per heavy atom. The van der Waals surface area contributed by atoms with E-state index in [-0.39, 0.29) is 18.8 Å². The molecule has 0 spiro atoms. The highest BCUT2D eigenvalue weighted by Crippen LogP contribution is 2.07. The molecule has 1 unspecified atom stereocenters. The van der Waals surface area contributed by atoms with Gasteiger partial charge in [0.05, 0.1) is 21.1 Å². The van der Waals surface area contributed by atoms with Crippen molar-refractivity contribution in [2.75, 3.05) is 33.4 Å². The molecule has 0 rings (SSSR count). The average molecular weight is 263 g/mol. The van der Waals surface area contributed by atoms with Crippen molar-refractivity contribution >= 4 is 24.6 Å². The van der Waals surface area contributed by atoms with Crippen molar-refractivity contribution < 1.29 is 23.9 Å². The van der Waals surface area contributed by atoms with Crippen molar-refractivity contribution in [1.82, 2.24) is 0 Å². The number of rotatable bonds is 8. The van der Waals surface area contributed by atoms with Crippen LogP contribution in [0.25, 0.3) is 0 Å². The topological polar surface area (TPSA) is 66.4 Å². The van der Waals surface area contributed by atoms with Crippen LogP contribution in [0.1, 0.15) is 19.3 Å². The zero-order chi connectivity index (χ0) is 13.5. The molecule has 0 aliphatic carbocycles. The van der Waals surface area contributed by atoms with Crippen LogP contribution < -0.4 is 5.11 Å². The van der Waals surface area contributed by atoms with Gasteiger partial charge in [-0.1, -0.05) is 0 Å². The van der Waals surface area contributed by atoms with E-state index in [4.69, 9.17) is 4.74 Å². The van der Waals surface area contributed by atoms with Gasteiger partial charge < -0.3 is 19.1 Å². The molecule has 0 aliphatic heterocycles. The monoisotopic (exact) mass is 263 g/mol. The SMILES string of the molecule is C[N+](C)(C)CC(CC(=O)[O-])OC(=O)CCCS. The van der Waals surface area contributed by atoms with Gasteiger partial charge in [-0.05, 0) is 12.2 Å². The Kier molecular flexibility index (Phi) is 7.22. The Morgan fingerprint density at radius 2 is 1.94 bits per heavy atom. The van der Waals surface area contributed by atoms with Crippen LogP contribution in [0.5, 0.6) is 0 Å². The fourth-order valence-electron chi connectivity index (χ4n) is 1.41. The van der Waals surface area contributed by atoms with E-state index in [1.54, 1.807) is 0 Å². The Bertz CT molecular complexity index is 263. The lowest BCUT2D eigenvalue weighted by atomic mass is 10.2. The number of carbonyl (C=O) groups excluding carboxylic acids is 2. The number of hydrogen-bond donors (Lipinski definition) is 1. The predicted octanol–water partition coefficient (Wildman–Crippen LogP) is -0.546. The Labute approximate surface area is 108 Å². The zero-order valence-electron chi connectivity index (χ0n) is 10.6. The molecule has 0 aromatic heterocycles. The molecule has 0 aromatic rings. The van der Waals surface area contributed by atoms with Gasteiger partial charge in [0.25, 0.3) is 0 Å². The molecule has 0 saturated carbocycles. The van der Waals surface area contributed by atoms with Crippen LogP contribution in [0, 0.1) is 0 Å². The number of hydrogen-bond acceptors (Lipinski definition) is 5. The minimum atomic E-state index is -1.20. The molecule has 0 N–H and O–H groups in total. The molecule has 100 valence electrons. The molecule has 0 heterocycles. The molecule has 5 nitrogen and oxygen atoms in total. The lowest BCUT2D eigenvalue weighted by Gasteiger charge is -2.29.